The van der Waals surface area contributed by atoms with Crippen LogP contribution in [0.25, 0.3) is 0 Å². The van der Waals surface area contributed by atoms with Crippen LogP contribution in [0.4, 0.5) is 4.39 Å². The number of hydrogen-bond acceptors (Lipinski definition) is 3. The van der Waals surface area contributed by atoms with Crippen molar-refractivity contribution in [1.29, 1.82) is 0 Å². The van der Waals surface area contributed by atoms with Crippen LogP contribution in [0.3, 0.4) is 0 Å². The van der Waals surface area contributed by atoms with Crippen LogP contribution in [-0.4, -0.2) is 37.0 Å². The van der Waals surface area contributed by atoms with Gasteiger partial charge in [-0.15, -0.1) is 0 Å². The lowest BCUT2D eigenvalue weighted by Crippen LogP contribution is -2.33. The van der Waals surface area contributed by atoms with E-state index in [0.29, 0.717) is 19.5 Å². The quantitative estimate of drug-likeness (QED) is 0.902. The maximum absolute atomic E-state index is 13.6. The summed E-state index contributed by atoms with van der Waals surface area (Å²) in [6, 6.07) is 5.14. The fourth-order valence-corrected chi connectivity index (χ4v) is 2.31. The Hall–Kier alpha value is -1.62. The highest BCUT2D eigenvalue weighted by Crippen LogP contribution is 2.20. The molecule has 1 N–H and O–H groups in total. The summed E-state index contributed by atoms with van der Waals surface area (Å²) in [5, 5.41) is 2.85. The molecule has 1 aromatic carbocycles. The summed E-state index contributed by atoms with van der Waals surface area (Å²) in [5.41, 5.74) is 0.888. The molecular formula is C14H19FN2O2. The van der Waals surface area contributed by atoms with Crippen molar-refractivity contribution in [2.45, 2.75) is 25.9 Å². The van der Waals surface area contributed by atoms with E-state index in [2.05, 4.69) is 10.2 Å². The number of carbonyl (C=O) groups excluding carboxylic acids is 1. The maximum atomic E-state index is 13.6. The molecule has 1 fully saturated rings. The molecule has 19 heavy (non-hydrogen) atoms. The Labute approximate surface area is 112 Å². The van der Waals surface area contributed by atoms with Gasteiger partial charge in [0.2, 0.25) is 5.91 Å². The van der Waals surface area contributed by atoms with E-state index in [1.165, 1.54) is 13.2 Å². The van der Waals surface area contributed by atoms with E-state index in [0.717, 1.165) is 12.1 Å². The highest BCUT2D eigenvalue weighted by atomic mass is 19.1. The lowest BCUT2D eigenvalue weighted by molar-refractivity contribution is -0.121. The van der Waals surface area contributed by atoms with Crippen molar-refractivity contribution in [3.63, 3.8) is 0 Å². The first-order chi connectivity index (χ1) is 9.10. The van der Waals surface area contributed by atoms with Crippen LogP contribution in [-0.2, 0) is 11.3 Å². The summed E-state index contributed by atoms with van der Waals surface area (Å²) in [6.45, 7) is 4.07. The molecule has 1 saturated heterocycles. The Balaban J connectivity index is 2.07. The summed E-state index contributed by atoms with van der Waals surface area (Å²) in [4.78, 5) is 13.6. The van der Waals surface area contributed by atoms with E-state index >= 15 is 0 Å². The highest BCUT2D eigenvalue weighted by molar-refractivity contribution is 5.76. The molecule has 1 unspecified atom stereocenters. The van der Waals surface area contributed by atoms with Crippen LogP contribution in [0.15, 0.2) is 18.2 Å². The zero-order chi connectivity index (χ0) is 13.8. The molecule has 0 radical (unpaired) electrons. The molecule has 1 aliphatic heterocycles. The second kappa shape index (κ2) is 6.02. The number of methoxy groups -OCH3 is 1. The van der Waals surface area contributed by atoms with Crippen LogP contribution in [0.5, 0.6) is 5.75 Å². The fraction of sp³-hybridized carbons (Fsp3) is 0.500. The Kier molecular flexibility index (Phi) is 4.37. The number of nitrogens with zero attached hydrogens (tertiary/aromatic N) is 1. The Morgan fingerprint density at radius 1 is 1.53 bits per heavy atom. The molecule has 0 saturated carbocycles. The number of ether oxygens (including phenoxy) is 1. The molecule has 104 valence electrons. The number of benzene rings is 1. The predicted octanol–water partition coefficient (Wildman–Crippen LogP) is 1.54. The minimum atomic E-state index is -0.350. The minimum absolute atomic E-state index is 0.0795. The molecule has 0 aliphatic carbocycles. The largest absolute Gasteiger partial charge is 0.494 e. The molecule has 1 aliphatic rings. The first kappa shape index (κ1) is 13.8. The van der Waals surface area contributed by atoms with Gasteiger partial charge in [0.05, 0.1) is 7.11 Å². The summed E-state index contributed by atoms with van der Waals surface area (Å²) in [6.07, 6.45) is 0.485. The van der Waals surface area contributed by atoms with Crippen molar-refractivity contribution in [2.24, 2.45) is 0 Å². The normalized spacial score (nSPS) is 20.8. The Morgan fingerprint density at radius 2 is 2.32 bits per heavy atom. The van der Waals surface area contributed by atoms with Gasteiger partial charge >= 0.3 is 0 Å². The second-order valence-electron chi connectivity index (χ2n) is 4.84. The van der Waals surface area contributed by atoms with Gasteiger partial charge in [0.25, 0.3) is 0 Å². The van der Waals surface area contributed by atoms with Gasteiger partial charge in [-0.3, -0.25) is 9.69 Å². The molecule has 1 atom stereocenters. The summed E-state index contributed by atoms with van der Waals surface area (Å²) in [5.74, 6) is -0.0166. The van der Waals surface area contributed by atoms with Crippen molar-refractivity contribution < 1.29 is 13.9 Å². The summed E-state index contributed by atoms with van der Waals surface area (Å²) < 4.78 is 18.5. The molecule has 5 heteroatoms. The third-order valence-corrected chi connectivity index (χ3v) is 3.43. The number of hydrogen-bond donors (Lipinski definition) is 1. The third kappa shape index (κ3) is 3.44. The first-order valence-electron chi connectivity index (χ1n) is 6.43. The number of nitrogens with one attached hydrogen (secondary N) is 1. The van der Waals surface area contributed by atoms with E-state index in [4.69, 9.17) is 4.74 Å². The predicted molar refractivity (Wildman–Crippen MR) is 70.5 cm³/mol. The SMILES string of the molecule is COc1ccc(CN2CCNC(=O)CC2C)cc1F. The Bertz CT molecular complexity index is 465. The van der Waals surface area contributed by atoms with E-state index in [1.54, 1.807) is 6.07 Å². The molecule has 0 aromatic heterocycles. The van der Waals surface area contributed by atoms with Crippen LogP contribution < -0.4 is 10.1 Å². The van der Waals surface area contributed by atoms with Gasteiger partial charge in [-0.2, -0.15) is 0 Å². The van der Waals surface area contributed by atoms with Crippen LogP contribution in [0.1, 0.15) is 18.9 Å². The number of carbonyl (C=O) groups is 1. The Morgan fingerprint density at radius 3 is 3.00 bits per heavy atom. The van der Waals surface area contributed by atoms with Gasteiger partial charge < -0.3 is 10.1 Å². The van der Waals surface area contributed by atoms with Crippen molar-refractivity contribution in [2.75, 3.05) is 20.2 Å². The minimum Gasteiger partial charge on any atom is -0.494 e. The molecule has 1 amide bonds. The van der Waals surface area contributed by atoms with Crippen molar-refractivity contribution in [3.05, 3.63) is 29.6 Å². The van der Waals surface area contributed by atoms with Crippen LogP contribution in [0.2, 0.25) is 0 Å². The van der Waals surface area contributed by atoms with Gasteiger partial charge in [0, 0.05) is 32.1 Å². The fourth-order valence-electron chi connectivity index (χ4n) is 2.31. The standard InChI is InChI=1S/C14H19FN2O2/c1-10-7-14(18)16-5-6-17(10)9-11-3-4-13(19-2)12(15)8-11/h3-4,8,10H,5-7,9H2,1-2H3,(H,16,18). The molecule has 0 spiro atoms. The molecule has 4 nitrogen and oxygen atoms in total. The number of amides is 1. The summed E-state index contributed by atoms with van der Waals surface area (Å²) in [7, 11) is 1.45. The number of rotatable bonds is 3. The smallest absolute Gasteiger partial charge is 0.221 e. The van der Waals surface area contributed by atoms with Crippen LogP contribution >= 0.6 is 0 Å². The van der Waals surface area contributed by atoms with Gasteiger partial charge in [-0.05, 0) is 24.6 Å². The van der Waals surface area contributed by atoms with Crippen molar-refractivity contribution in [1.82, 2.24) is 10.2 Å². The maximum Gasteiger partial charge on any atom is 0.221 e. The van der Waals surface area contributed by atoms with Gasteiger partial charge in [0.1, 0.15) is 0 Å². The monoisotopic (exact) mass is 266 g/mol. The average molecular weight is 266 g/mol. The number of halogens is 1. The lowest BCUT2D eigenvalue weighted by atomic mass is 10.1. The van der Waals surface area contributed by atoms with E-state index < -0.39 is 0 Å². The molecule has 1 heterocycles. The van der Waals surface area contributed by atoms with Gasteiger partial charge in [-0.1, -0.05) is 6.07 Å². The lowest BCUT2D eigenvalue weighted by Gasteiger charge is -2.25. The van der Waals surface area contributed by atoms with E-state index in [-0.39, 0.29) is 23.5 Å². The van der Waals surface area contributed by atoms with Gasteiger partial charge in [0.15, 0.2) is 11.6 Å². The first-order valence-corrected chi connectivity index (χ1v) is 6.43. The van der Waals surface area contributed by atoms with Crippen molar-refractivity contribution >= 4 is 5.91 Å². The third-order valence-electron chi connectivity index (χ3n) is 3.43. The zero-order valence-corrected chi connectivity index (χ0v) is 11.3. The highest BCUT2D eigenvalue weighted by Gasteiger charge is 2.21. The van der Waals surface area contributed by atoms with E-state index in [9.17, 15) is 9.18 Å². The molecule has 0 bridgehead atoms. The second-order valence-corrected chi connectivity index (χ2v) is 4.84. The molecule has 2 rings (SSSR count). The zero-order valence-electron chi connectivity index (χ0n) is 11.3. The summed E-state index contributed by atoms with van der Waals surface area (Å²) >= 11 is 0. The molecular weight excluding hydrogens is 247 g/mol. The molecule has 1 aromatic rings. The van der Waals surface area contributed by atoms with Crippen molar-refractivity contribution in [3.8, 4) is 5.75 Å². The van der Waals surface area contributed by atoms with E-state index in [1.807, 2.05) is 13.0 Å². The van der Waals surface area contributed by atoms with Gasteiger partial charge in [-0.25, -0.2) is 4.39 Å². The topological polar surface area (TPSA) is 41.6 Å². The van der Waals surface area contributed by atoms with Crippen LogP contribution in [0, 0.1) is 5.82 Å². The average Bonchev–Trinajstić information content (AvgIpc) is 2.52.